The number of hydrogen-bond acceptors (Lipinski definition) is 5. The number of likely N-dealkylation sites (N-methyl/N-ethyl adjacent to an activating group) is 1. The lowest BCUT2D eigenvalue weighted by Crippen LogP contribution is -2.50. The Morgan fingerprint density at radius 3 is 2.52 bits per heavy atom. The van der Waals surface area contributed by atoms with E-state index in [4.69, 9.17) is 4.74 Å². The fourth-order valence-corrected chi connectivity index (χ4v) is 4.54. The minimum atomic E-state index is -0.566. The van der Waals surface area contributed by atoms with Gasteiger partial charge >= 0.3 is 6.09 Å². The molecule has 0 unspecified atom stereocenters. The van der Waals surface area contributed by atoms with Gasteiger partial charge in [0.2, 0.25) is 0 Å². The molecule has 31 heavy (non-hydrogen) atoms. The first-order chi connectivity index (χ1) is 14.6. The van der Waals surface area contributed by atoms with E-state index in [0.29, 0.717) is 11.7 Å². The van der Waals surface area contributed by atoms with Crippen LogP contribution in [0.4, 0.5) is 10.5 Å². The average Bonchev–Trinajstić information content (AvgIpc) is 3.03. The van der Waals surface area contributed by atoms with Crippen LogP contribution in [0, 0.1) is 0 Å². The highest BCUT2D eigenvalue weighted by Crippen LogP contribution is 2.31. The third kappa shape index (κ3) is 4.62. The summed E-state index contributed by atoms with van der Waals surface area (Å²) in [6.07, 6.45) is 3.09. The predicted octanol–water partition coefficient (Wildman–Crippen LogP) is 5.39. The number of rotatable bonds is 2. The molecular weight excluding hydrogens is 456 g/mol. The number of piperazine rings is 1. The first-order valence-corrected chi connectivity index (χ1v) is 11.4. The van der Waals surface area contributed by atoms with Crippen LogP contribution in [0.3, 0.4) is 0 Å². The molecule has 0 amide bonds. The molecule has 0 aliphatic carbocycles. The maximum atomic E-state index is 12.5. The topological polar surface area (TPSA) is 50.6 Å². The lowest BCUT2D eigenvalue weighted by Gasteiger charge is -2.39. The largest absolute Gasteiger partial charge is 0.443 e. The molecule has 3 aromatic rings. The molecule has 0 bridgehead atoms. The second-order valence-corrected chi connectivity index (χ2v) is 10.1. The van der Waals surface area contributed by atoms with Gasteiger partial charge in [0.15, 0.2) is 5.65 Å². The molecule has 2 aromatic heterocycles. The van der Waals surface area contributed by atoms with Crippen molar-refractivity contribution < 1.29 is 9.53 Å². The molecule has 7 heteroatoms. The van der Waals surface area contributed by atoms with Gasteiger partial charge in [-0.25, -0.2) is 14.3 Å². The number of anilines is 1. The van der Waals surface area contributed by atoms with E-state index in [9.17, 15) is 4.79 Å². The molecule has 1 saturated heterocycles. The third-order valence-corrected chi connectivity index (χ3v) is 6.18. The Morgan fingerprint density at radius 1 is 1.16 bits per heavy atom. The van der Waals surface area contributed by atoms with Crippen molar-refractivity contribution in [2.24, 2.45) is 0 Å². The van der Waals surface area contributed by atoms with Crippen molar-refractivity contribution in [3.8, 4) is 11.1 Å². The van der Waals surface area contributed by atoms with Gasteiger partial charge in [-0.3, -0.25) is 0 Å². The standard InChI is InChI=1S/C24H29BrN4O2/c1-16-14-27(5)10-11-28(16)19-8-6-17(7-9-19)18-12-20-21(25)15-29(22(20)26-13-18)23(30)31-24(2,3)4/h6-9,12-13,15-16H,10-11,14H2,1-5H3/t16-/m0/s1. The van der Waals surface area contributed by atoms with Crippen LogP contribution in [0.25, 0.3) is 22.2 Å². The molecule has 0 N–H and O–H groups in total. The van der Waals surface area contributed by atoms with E-state index in [2.05, 4.69) is 75.0 Å². The first kappa shape index (κ1) is 21.8. The second kappa shape index (κ2) is 8.28. The summed E-state index contributed by atoms with van der Waals surface area (Å²) in [6.45, 7) is 11.0. The van der Waals surface area contributed by atoms with Crippen molar-refractivity contribution in [2.45, 2.75) is 39.3 Å². The van der Waals surface area contributed by atoms with Gasteiger partial charge in [-0.2, -0.15) is 0 Å². The summed E-state index contributed by atoms with van der Waals surface area (Å²) in [5.74, 6) is 0. The van der Waals surface area contributed by atoms with Crippen LogP contribution >= 0.6 is 15.9 Å². The molecule has 1 atom stereocenters. The number of aromatic nitrogens is 2. The van der Waals surface area contributed by atoms with Gasteiger partial charge in [0.1, 0.15) is 5.60 Å². The van der Waals surface area contributed by atoms with Gasteiger partial charge < -0.3 is 14.5 Å². The van der Waals surface area contributed by atoms with Crippen LogP contribution in [0.2, 0.25) is 0 Å². The molecule has 0 radical (unpaired) electrons. The van der Waals surface area contributed by atoms with Crippen LogP contribution < -0.4 is 4.90 Å². The second-order valence-electron chi connectivity index (χ2n) is 9.27. The lowest BCUT2D eigenvalue weighted by molar-refractivity contribution is 0.0543. The molecule has 1 aromatic carbocycles. The van der Waals surface area contributed by atoms with Gasteiger partial charge in [0.05, 0.1) is 0 Å². The quantitative estimate of drug-likeness (QED) is 0.487. The molecule has 164 valence electrons. The zero-order chi connectivity index (χ0) is 22.3. The van der Waals surface area contributed by atoms with Gasteiger partial charge in [0, 0.05) is 59.2 Å². The zero-order valence-electron chi connectivity index (χ0n) is 18.7. The summed E-state index contributed by atoms with van der Waals surface area (Å²) >= 11 is 3.57. The molecule has 0 spiro atoms. The van der Waals surface area contributed by atoms with Crippen molar-refractivity contribution in [2.75, 3.05) is 31.6 Å². The van der Waals surface area contributed by atoms with Crippen molar-refractivity contribution in [1.29, 1.82) is 0 Å². The maximum Gasteiger partial charge on any atom is 0.420 e. The van der Waals surface area contributed by atoms with E-state index in [-0.39, 0.29) is 0 Å². The molecule has 1 aliphatic heterocycles. The zero-order valence-corrected chi connectivity index (χ0v) is 20.3. The highest BCUT2D eigenvalue weighted by atomic mass is 79.9. The number of nitrogens with zero attached hydrogens (tertiary/aromatic N) is 4. The molecular formula is C24H29BrN4O2. The number of ether oxygens (including phenoxy) is 1. The maximum absolute atomic E-state index is 12.5. The van der Waals surface area contributed by atoms with Gasteiger partial charge in [-0.05, 0) is 74.4 Å². The molecule has 3 heterocycles. The van der Waals surface area contributed by atoms with Crippen LogP contribution in [0.15, 0.2) is 47.2 Å². The van der Waals surface area contributed by atoms with Crippen molar-refractivity contribution in [3.05, 3.63) is 47.2 Å². The number of carbonyl (C=O) groups excluding carboxylic acids is 1. The van der Waals surface area contributed by atoms with Crippen LogP contribution in [-0.4, -0.2) is 58.9 Å². The van der Waals surface area contributed by atoms with Gasteiger partial charge in [-0.1, -0.05) is 12.1 Å². The average molecular weight is 485 g/mol. The van der Waals surface area contributed by atoms with Crippen LogP contribution in [-0.2, 0) is 4.74 Å². The number of fused-ring (bicyclic) bond motifs is 1. The van der Waals surface area contributed by atoms with Gasteiger partial charge in [0.25, 0.3) is 0 Å². The van der Waals surface area contributed by atoms with E-state index in [1.54, 1.807) is 6.20 Å². The highest BCUT2D eigenvalue weighted by Gasteiger charge is 2.23. The summed E-state index contributed by atoms with van der Waals surface area (Å²) in [5.41, 5.74) is 3.36. The number of halogens is 1. The monoisotopic (exact) mass is 484 g/mol. The minimum Gasteiger partial charge on any atom is -0.443 e. The Bertz CT molecular complexity index is 1100. The van der Waals surface area contributed by atoms with Crippen molar-refractivity contribution in [1.82, 2.24) is 14.5 Å². The van der Waals surface area contributed by atoms with Crippen LogP contribution in [0.1, 0.15) is 27.7 Å². The Kier molecular flexibility index (Phi) is 5.83. The molecule has 1 aliphatic rings. The van der Waals surface area contributed by atoms with E-state index in [1.807, 2.05) is 27.0 Å². The normalized spacial score (nSPS) is 17.9. The Morgan fingerprint density at radius 2 is 1.87 bits per heavy atom. The van der Waals surface area contributed by atoms with Crippen LogP contribution in [0.5, 0.6) is 0 Å². The minimum absolute atomic E-state index is 0.436. The number of hydrogen-bond donors (Lipinski definition) is 0. The molecule has 4 rings (SSSR count). The Labute approximate surface area is 191 Å². The van der Waals surface area contributed by atoms with Crippen molar-refractivity contribution in [3.63, 3.8) is 0 Å². The third-order valence-electron chi connectivity index (χ3n) is 5.55. The Hall–Kier alpha value is -2.38. The first-order valence-electron chi connectivity index (χ1n) is 10.6. The predicted molar refractivity (Wildman–Crippen MR) is 129 cm³/mol. The summed E-state index contributed by atoms with van der Waals surface area (Å²) < 4.78 is 7.76. The number of pyridine rings is 1. The summed E-state index contributed by atoms with van der Waals surface area (Å²) in [7, 11) is 2.17. The SMILES string of the molecule is C[C@H]1CN(C)CCN1c1ccc(-c2cnc3c(c2)c(Br)cn3C(=O)OC(C)(C)C)cc1. The number of carbonyl (C=O) groups is 1. The summed E-state index contributed by atoms with van der Waals surface area (Å²) in [4.78, 5) is 22.0. The molecule has 6 nitrogen and oxygen atoms in total. The summed E-state index contributed by atoms with van der Waals surface area (Å²) in [5, 5.41) is 0.875. The fourth-order valence-electron chi connectivity index (χ4n) is 4.05. The van der Waals surface area contributed by atoms with E-state index < -0.39 is 11.7 Å². The molecule has 1 fully saturated rings. The fraction of sp³-hybridized carbons (Fsp3) is 0.417. The van der Waals surface area contributed by atoms with E-state index in [1.165, 1.54) is 10.3 Å². The molecule has 0 saturated carbocycles. The lowest BCUT2D eigenvalue weighted by atomic mass is 10.1. The smallest absolute Gasteiger partial charge is 0.420 e. The van der Waals surface area contributed by atoms with Gasteiger partial charge in [-0.15, -0.1) is 0 Å². The highest BCUT2D eigenvalue weighted by molar-refractivity contribution is 9.10. The summed E-state index contributed by atoms with van der Waals surface area (Å²) in [6, 6.07) is 11.2. The number of benzene rings is 1. The van der Waals surface area contributed by atoms with Crippen molar-refractivity contribution >= 4 is 38.7 Å². The van der Waals surface area contributed by atoms with E-state index in [0.717, 1.165) is 40.6 Å². The van der Waals surface area contributed by atoms with E-state index >= 15 is 0 Å². The Balaban J connectivity index is 1.60.